The average molecular weight is 1320 g/mol. The summed E-state index contributed by atoms with van der Waals surface area (Å²) in [5.74, 6) is -10.9. The molecule has 11 amide bonds. The molecule has 25 heteroatoms. The highest BCUT2D eigenvalue weighted by atomic mass is 16.5. The number of methoxy groups -OCH3 is 1. The fourth-order valence-corrected chi connectivity index (χ4v) is 11.6. The van der Waals surface area contributed by atoms with Crippen molar-refractivity contribution in [2.45, 2.75) is 216 Å². The number of hydrogen-bond donors (Lipinski definition) is 5. The first-order valence-electron chi connectivity index (χ1n) is 33.2. The SMILES string of the molecule is CC[C@@H]1NC(=O)[C@H]([C@H](O)[C@H](C)C/C=C/c2cccc(C(=O)OC)c2)N(C)C(=O)[C@H](C(C)C)N(C)C(=O)[C@H](CC(C)C)N(C)C(=O)[C@H](CC(C)C)N(C)C(=O)[C@@H](C)NC(=O)[C@H](C)NC(=O)[C@H](CC(C)C)N(C)C(=O)[C@H](C(C)C)NC(=O)[C@H](CC(C)C)N(C)C(=O)CN(C)C1=O. The van der Waals surface area contributed by atoms with E-state index < -0.39 is 162 Å². The molecule has 0 spiro atoms. The second-order valence-electron chi connectivity index (χ2n) is 28.0. The molecule has 0 radical (unpaired) electrons. The summed E-state index contributed by atoms with van der Waals surface area (Å²) in [7, 11) is 11.1. The van der Waals surface area contributed by atoms with Crippen molar-refractivity contribution >= 4 is 77.0 Å². The van der Waals surface area contributed by atoms with Gasteiger partial charge in [0, 0.05) is 49.3 Å². The Kier molecular flexibility index (Phi) is 33.1. The Labute approximate surface area is 559 Å². The van der Waals surface area contributed by atoms with E-state index >= 15 is 19.2 Å². The first-order valence-corrected chi connectivity index (χ1v) is 33.2. The van der Waals surface area contributed by atoms with Gasteiger partial charge >= 0.3 is 5.97 Å². The first-order chi connectivity index (χ1) is 43.6. The molecule has 94 heavy (non-hydrogen) atoms. The summed E-state index contributed by atoms with van der Waals surface area (Å²) in [6, 6.07) is -6.09. The van der Waals surface area contributed by atoms with E-state index in [0.717, 1.165) is 9.80 Å². The monoisotopic (exact) mass is 1320 g/mol. The fraction of sp³-hybridized carbons (Fsp3) is 0.710. The van der Waals surface area contributed by atoms with Crippen LogP contribution in [0.3, 0.4) is 0 Å². The van der Waals surface area contributed by atoms with Gasteiger partial charge in [-0.05, 0) is 111 Å². The molecule has 0 aromatic heterocycles. The number of carbonyl (C=O) groups is 12. The molecule has 530 valence electrons. The molecular weight excluding hydrogens is 1210 g/mol. The molecule has 1 aliphatic rings. The minimum absolute atomic E-state index is 0.0240. The van der Waals surface area contributed by atoms with Gasteiger partial charge in [-0.25, -0.2) is 4.79 Å². The number of likely N-dealkylation sites (N-methyl/N-ethyl adjacent to an activating group) is 7. The molecule has 1 heterocycles. The predicted octanol–water partition coefficient (Wildman–Crippen LogP) is 4.19. The maximum Gasteiger partial charge on any atom is 0.337 e. The highest BCUT2D eigenvalue weighted by molar-refractivity contribution is 6.00. The molecule has 0 saturated carbocycles. The number of carbonyl (C=O) groups excluding carboxylic acids is 12. The van der Waals surface area contributed by atoms with Crippen molar-refractivity contribution in [3.05, 3.63) is 41.5 Å². The van der Waals surface area contributed by atoms with Crippen molar-refractivity contribution in [2.75, 3.05) is 63.0 Å². The second kappa shape index (κ2) is 37.6. The number of allylic oxidation sites excluding steroid dienone is 1. The van der Waals surface area contributed by atoms with Gasteiger partial charge in [-0.15, -0.1) is 0 Å². The van der Waals surface area contributed by atoms with Gasteiger partial charge in [0.1, 0.15) is 60.4 Å². The van der Waals surface area contributed by atoms with Crippen LogP contribution in [0.2, 0.25) is 0 Å². The van der Waals surface area contributed by atoms with Crippen LogP contribution in [-0.2, 0) is 57.5 Å². The van der Waals surface area contributed by atoms with Gasteiger partial charge in [0.05, 0.1) is 25.3 Å². The average Bonchev–Trinajstić information content (AvgIpc) is 0.811. The number of nitrogens with one attached hydrogen (secondary N) is 4. The van der Waals surface area contributed by atoms with Crippen LogP contribution in [0.5, 0.6) is 0 Å². The van der Waals surface area contributed by atoms with Crippen molar-refractivity contribution in [3.63, 3.8) is 0 Å². The Balaban J connectivity index is 3.01. The first kappa shape index (κ1) is 82.7. The Bertz CT molecular complexity index is 2820. The van der Waals surface area contributed by atoms with Crippen LogP contribution < -0.4 is 21.3 Å². The van der Waals surface area contributed by atoms with Crippen molar-refractivity contribution in [3.8, 4) is 0 Å². The van der Waals surface area contributed by atoms with Gasteiger partial charge in [-0.1, -0.05) is 121 Å². The standard InChI is InChI=1S/C69H115N11O14/c1-25-49-64(88)74(17)37-54(81)75(18)50(32-38(2)3)61(85)73-55(42(10)11)67(91)76(19)51(33-39(4)5)60(84)70-45(15)59(83)71-46(16)63(87)77(20)52(34-40(6)7)65(89)78(21)53(35-41(8)9)66(90)79(22)56(43(12)13)68(92)80(23)57(62(86)72-49)58(82)44(14)28-26-29-47-30-27-31-48(36-47)69(93)94-24/h26-27,29-31,36,38-46,49-53,55-58,82H,25,28,32-35,37H2,1-24H3,(H,70,84)(H,71,83)(H,72,86)(H,73,85)/b29-26+/t44-,45+,46-,49+,50+,51+,52+,53+,55+,56+,57+,58-/m1/s1. The lowest BCUT2D eigenvalue weighted by molar-refractivity contribution is -0.157. The number of ether oxygens (including phenoxy) is 1. The molecule has 2 rings (SSSR count). The molecule has 25 nitrogen and oxygen atoms in total. The molecule has 0 unspecified atom stereocenters. The van der Waals surface area contributed by atoms with E-state index in [1.54, 1.807) is 78.0 Å². The maximum atomic E-state index is 15.4. The van der Waals surface area contributed by atoms with Crippen LogP contribution in [0, 0.1) is 41.4 Å². The Hall–Kier alpha value is -7.44. The van der Waals surface area contributed by atoms with Crippen molar-refractivity contribution < 1.29 is 67.4 Å². The Morgan fingerprint density at radius 1 is 0.532 bits per heavy atom. The number of rotatable bonds is 17. The second-order valence-corrected chi connectivity index (χ2v) is 28.0. The third-order valence-corrected chi connectivity index (χ3v) is 17.5. The largest absolute Gasteiger partial charge is 0.465 e. The van der Waals surface area contributed by atoms with Gasteiger partial charge < -0.3 is 65.4 Å². The van der Waals surface area contributed by atoms with E-state index in [0.29, 0.717) is 11.1 Å². The fourth-order valence-electron chi connectivity index (χ4n) is 11.6. The molecule has 12 atom stereocenters. The Morgan fingerprint density at radius 3 is 1.48 bits per heavy atom. The number of amides is 11. The molecule has 1 saturated heterocycles. The number of hydrogen-bond acceptors (Lipinski definition) is 14. The summed E-state index contributed by atoms with van der Waals surface area (Å²) in [5.41, 5.74) is 0.944. The molecular formula is C69H115N11O14. The summed E-state index contributed by atoms with van der Waals surface area (Å²) >= 11 is 0. The van der Waals surface area contributed by atoms with E-state index in [4.69, 9.17) is 4.74 Å². The van der Waals surface area contributed by atoms with Crippen molar-refractivity contribution in [1.82, 2.24) is 55.6 Å². The smallest absolute Gasteiger partial charge is 0.337 e. The van der Waals surface area contributed by atoms with Gasteiger partial charge in [0.2, 0.25) is 65.0 Å². The molecule has 5 N–H and O–H groups in total. The highest BCUT2D eigenvalue weighted by Gasteiger charge is 2.46. The lowest BCUT2D eigenvalue weighted by Gasteiger charge is -2.41. The summed E-state index contributed by atoms with van der Waals surface area (Å²) in [5, 5.41) is 23.4. The lowest BCUT2D eigenvalue weighted by atomic mass is 9.91. The summed E-state index contributed by atoms with van der Waals surface area (Å²) < 4.78 is 4.88. The van der Waals surface area contributed by atoms with Crippen LogP contribution in [0.15, 0.2) is 30.3 Å². The number of nitrogens with zero attached hydrogens (tertiary/aromatic N) is 7. The highest BCUT2D eigenvalue weighted by Crippen LogP contribution is 2.26. The van der Waals surface area contributed by atoms with Gasteiger partial charge in [0.15, 0.2) is 0 Å². The van der Waals surface area contributed by atoms with Gasteiger partial charge in [-0.3, -0.25) is 52.7 Å². The van der Waals surface area contributed by atoms with E-state index in [9.17, 15) is 43.5 Å². The third-order valence-electron chi connectivity index (χ3n) is 17.5. The zero-order valence-electron chi connectivity index (χ0n) is 60.7. The molecule has 1 aromatic carbocycles. The maximum absolute atomic E-state index is 15.4. The third kappa shape index (κ3) is 22.9. The van der Waals surface area contributed by atoms with Gasteiger partial charge in [0.25, 0.3) is 0 Å². The zero-order chi connectivity index (χ0) is 72.2. The number of esters is 1. The van der Waals surface area contributed by atoms with E-state index in [-0.39, 0.29) is 62.2 Å². The molecule has 1 aromatic rings. The van der Waals surface area contributed by atoms with Crippen LogP contribution in [0.1, 0.15) is 165 Å². The number of benzene rings is 1. The van der Waals surface area contributed by atoms with E-state index in [1.165, 1.54) is 94.8 Å². The van der Waals surface area contributed by atoms with E-state index in [1.807, 2.05) is 55.4 Å². The molecule has 1 aliphatic heterocycles. The van der Waals surface area contributed by atoms with Crippen molar-refractivity contribution in [1.29, 1.82) is 0 Å². The van der Waals surface area contributed by atoms with Crippen LogP contribution in [-0.4, -0.2) is 240 Å². The summed E-state index contributed by atoms with van der Waals surface area (Å²) in [6.45, 7) is 27.3. The number of aliphatic hydroxyl groups is 1. The minimum atomic E-state index is -1.72. The van der Waals surface area contributed by atoms with Crippen LogP contribution in [0.25, 0.3) is 6.08 Å². The summed E-state index contributed by atoms with van der Waals surface area (Å²) in [4.78, 5) is 182. The normalized spacial score (nSPS) is 25.4. The molecule has 0 aliphatic carbocycles. The Morgan fingerprint density at radius 2 is 0.989 bits per heavy atom. The number of aliphatic hydroxyl groups excluding tert-OH is 1. The molecule has 0 bridgehead atoms. The predicted molar refractivity (Wildman–Crippen MR) is 360 cm³/mol. The minimum Gasteiger partial charge on any atom is -0.465 e. The quantitative estimate of drug-likeness (QED) is 0.137. The van der Waals surface area contributed by atoms with Crippen LogP contribution in [0.4, 0.5) is 0 Å². The molecule has 1 fully saturated rings. The van der Waals surface area contributed by atoms with Crippen molar-refractivity contribution in [2.24, 2.45) is 41.4 Å². The summed E-state index contributed by atoms with van der Waals surface area (Å²) in [6.07, 6.45) is 2.46. The van der Waals surface area contributed by atoms with Gasteiger partial charge in [-0.2, -0.15) is 0 Å². The lowest BCUT2D eigenvalue weighted by Crippen LogP contribution is -2.63. The van der Waals surface area contributed by atoms with E-state index in [2.05, 4.69) is 21.3 Å². The van der Waals surface area contributed by atoms with Crippen LogP contribution >= 0.6 is 0 Å². The topological polar surface area (TPSA) is 305 Å². The zero-order valence-corrected chi connectivity index (χ0v) is 60.7.